The van der Waals surface area contributed by atoms with Gasteiger partial charge in [-0.1, -0.05) is 72.8 Å². The Hall–Kier alpha value is -3.93. The minimum atomic E-state index is -0.701. The van der Waals surface area contributed by atoms with Gasteiger partial charge in [-0.25, -0.2) is 0 Å². The Morgan fingerprint density at radius 2 is 1.19 bits per heavy atom. The normalized spacial score (nSPS) is 10.8. The van der Waals surface area contributed by atoms with Crippen LogP contribution in [0.3, 0.4) is 0 Å². The molecule has 0 aliphatic carbocycles. The van der Waals surface area contributed by atoms with Crippen molar-refractivity contribution in [3.05, 3.63) is 117 Å². The van der Waals surface area contributed by atoms with Crippen molar-refractivity contribution in [2.24, 2.45) is 0 Å². The van der Waals surface area contributed by atoms with Gasteiger partial charge in [0.15, 0.2) is 0 Å². The van der Waals surface area contributed by atoms with Gasteiger partial charge in [-0.3, -0.25) is 23.5 Å². The van der Waals surface area contributed by atoms with Crippen LogP contribution in [0.2, 0.25) is 0 Å². The van der Waals surface area contributed by atoms with Crippen LogP contribution in [-0.2, 0) is 24.3 Å². The fraction of sp³-hybridized carbons (Fsp3) is 0.160. The lowest BCUT2D eigenvalue weighted by atomic mass is 10.1. The number of amides is 1. The quantitative estimate of drug-likeness (QED) is 0.473. The van der Waals surface area contributed by atoms with E-state index in [0.717, 1.165) is 11.1 Å². The molecule has 0 aliphatic rings. The van der Waals surface area contributed by atoms with Crippen molar-refractivity contribution in [1.82, 2.24) is 14.5 Å². The summed E-state index contributed by atoms with van der Waals surface area (Å²) >= 11 is 0. The van der Waals surface area contributed by atoms with Crippen LogP contribution in [0.5, 0.6) is 0 Å². The minimum Gasteiger partial charge on any atom is -0.354 e. The highest BCUT2D eigenvalue weighted by atomic mass is 16.2. The lowest BCUT2D eigenvalue weighted by Crippen LogP contribution is -2.44. The van der Waals surface area contributed by atoms with E-state index < -0.39 is 11.1 Å². The van der Waals surface area contributed by atoms with Crippen molar-refractivity contribution in [3.8, 4) is 0 Å². The number of carbonyl (C=O) groups is 1. The third-order valence-corrected chi connectivity index (χ3v) is 5.20. The second-order valence-corrected chi connectivity index (χ2v) is 7.34. The molecule has 0 aliphatic heterocycles. The number of nitrogens with one attached hydrogen (secondary N) is 1. The van der Waals surface area contributed by atoms with Gasteiger partial charge in [0.2, 0.25) is 5.91 Å². The summed E-state index contributed by atoms with van der Waals surface area (Å²) in [5.41, 5.74) is 1.88. The largest absolute Gasteiger partial charge is 0.354 e. The number of benzene rings is 3. The summed E-state index contributed by atoms with van der Waals surface area (Å²) < 4.78 is 2.73. The highest BCUT2D eigenvalue weighted by Gasteiger charge is 2.15. The zero-order valence-electron chi connectivity index (χ0n) is 17.0. The molecule has 6 nitrogen and oxygen atoms in total. The Labute approximate surface area is 179 Å². The fourth-order valence-corrected chi connectivity index (χ4v) is 3.64. The average Bonchev–Trinajstić information content (AvgIpc) is 2.81. The van der Waals surface area contributed by atoms with Crippen LogP contribution >= 0.6 is 0 Å². The summed E-state index contributed by atoms with van der Waals surface area (Å²) in [6.07, 6.45) is 0.695. The van der Waals surface area contributed by atoms with Crippen LogP contribution in [0, 0.1) is 0 Å². The summed E-state index contributed by atoms with van der Waals surface area (Å²) in [5, 5.41) is 2.84. The Morgan fingerprint density at radius 1 is 0.677 bits per heavy atom. The predicted molar refractivity (Wildman–Crippen MR) is 121 cm³/mol. The molecule has 1 aromatic heterocycles. The number of hydrogen-bond donors (Lipinski definition) is 1. The molecule has 0 saturated heterocycles. The number of rotatable bonds is 7. The zero-order valence-corrected chi connectivity index (χ0v) is 17.0. The van der Waals surface area contributed by atoms with Gasteiger partial charge in [-0.15, -0.1) is 0 Å². The first-order valence-corrected chi connectivity index (χ1v) is 10.2. The van der Waals surface area contributed by atoms with Crippen LogP contribution in [-0.4, -0.2) is 21.6 Å². The van der Waals surface area contributed by atoms with Crippen molar-refractivity contribution in [2.45, 2.75) is 19.5 Å². The minimum absolute atomic E-state index is 0.199. The first kappa shape index (κ1) is 20.3. The molecule has 31 heavy (non-hydrogen) atoms. The van der Waals surface area contributed by atoms with Crippen molar-refractivity contribution in [3.63, 3.8) is 0 Å². The lowest BCUT2D eigenvalue weighted by molar-refractivity contribution is -0.121. The van der Waals surface area contributed by atoms with Crippen molar-refractivity contribution in [2.75, 3.05) is 6.54 Å². The van der Waals surface area contributed by atoms with E-state index in [1.165, 1.54) is 9.13 Å². The van der Waals surface area contributed by atoms with E-state index >= 15 is 0 Å². The topological polar surface area (TPSA) is 73.1 Å². The number of nitrogens with zero attached hydrogens (tertiary/aromatic N) is 2. The number of hydrogen-bond acceptors (Lipinski definition) is 3. The highest BCUT2D eigenvalue weighted by molar-refractivity contribution is 5.80. The van der Waals surface area contributed by atoms with Crippen LogP contribution in [0.1, 0.15) is 11.1 Å². The molecule has 0 saturated carbocycles. The summed E-state index contributed by atoms with van der Waals surface area (Å²) in [7, 11) is 0. The van der Waals surface area contributed by atoms with Gasteiger partial charge in [0.25, 0.3) is 0 Å². The molecule has 3 aromatic carbocycles. The fourth-order valence-electron chi connectivity index (χ4n) is 3.64. The first-order chi connectivity index (χ1) is 15.1. The molecule has 0 spiro atoms. The van der Waals surface area contributed by atoms with Gasteiger partial charge in [-0.2, -0.15) is 0 Å². The summed E-state index contributed by atoms with van der Waals surface area (Å²) in [4.78, 5) is 38.3. The molecule has 1 N–H and O–H groups in total. The number of carbonyl (C=O) groups excluding carboxylic acids is 1. The standard InChI is InChI=1S/C25H23N3O3/c29-23(26-16-15-19-9-3-1-4-10-19)18-28-22-14-8-7-13-21(22)27(24(30)25(28)31)17-20-11-5-2-6-12-20/h1-14H,15-18H2,(H,26,29). The predicted octanol–water partition coefficient (Wildman–Crippen LogP) is 2.57. The van der Waals surface area contributed by atoms with Gasteiger partial charge >= 0.3 is 11.1 Å². The van der Waals surface area contributed by atoms with Crippen molar-refractivity contribution >= 4 is 16.9 Å². The Kier molecular flexibility index (Phi) is 6.08. The number of para-hydroxylation sites is 2. The monoisotopic (exact) mass is 413 g/mol. The summed E-state index contributed by atoms with van der Waals surface area (Å²) in [6.45, 7) is 0.551. The number of fused-ring (bicyclic) bond motifs is 1. The van der Waals surface area contributed by atoms with Crippen molar-refractivity contribution < 1.29 is 4.79 Å². The molecule has 0 unspecified atom stereocenters. The van der Waals surface area contributed by atoms with Gasteiger partial charge < -0.3 is 5.32 Å². The van der Waals surface area contributed by atoms with E-state index in [9.17, 15) is 14.4 Å². The molecule has 0 atom stereocenters. The van der Waals surface area contributed by atoms with Gasteiger partial charge in [-0.05, 0) is 29.7 Å². The molecule has 1 heterocycles. The SMILES string of the molecule is O=C(Cn1c(=O)c(=O)n(Cc2ccccc2)c2ccccc21)NCCc1ccccc1. The Balaban J connectivity index is 1.59. The first-order valence-electron chi connectivity index (χ1n) is 10.2. The molecular formula is C25H23N3O3. The average molecular weight is 413 g/mol. The third kappa shape index (κ3) is 4.64. The van der Waals surface area contributed by atoms with Crippen LogP contribution in [0.15, 0.2) is 94.5 Å². The Morgan fingerprint density at radius 3 is 1.84 bits per heavy atom. The maximum Gasteiger partial charge on any atom is 0.317 e. The maximum absolute atomic E-state index is 12.9. The van der Waals surface area contributed by atoms with Crippen LogP contribution in [0.25, 0.3) is 11.0 Å². The van der Waals surface area contributed by atoms with E-state index in [1.807, 2.05) is 66.7 Å². The van der Waals surface area contributed by atoms with E-state index in [1.54, 1.807) is 18.2 Å². The molecule has 4 rings (SSSR count). The smallest absolute Gasteiger partial charge is 0.317 e. The van der Waals surface area contributed by atoms with Gasteiger partial charge in [0.1, 0.15) is 6.54 Å². The molecule has 1 amide bonds. The molecule has 0 bridgehead atoms. The molecular weight excluding hydrogens is 390 g/mol. The summed E-state index contributed by atoms with van der Waals surface area (Å²) in [5.74, 6) is -0.302. The molecule has 6 heteroatoms. The van der Waals surface area contributed by atoms with Crippen LogP contribution in [0.4, 0.5) is 0 Å². The van der Waals surface area contributed by atoms with Crippen LogP contribution < -0.4 is 16.4 Å². The van der Waals surface area contributed by atoms with Crippen molar-refractivity contribution in [1.29, 1.82) is 0 Å². The van der Waals surface area contributed by atoms with Gasteiger partial charge in [0, 0.05) is 6.54 Å². The van der Waals surface area contributed by atoms with E-state index in [4.69, 9.17) is 0 Å². The van der Waals surface area contributed by atoms with Gasteiger partial charge in [0.05, 0.1) is 17.6 Å². The zero-order chi connectivity index (χ0) is 21.6. The third-order valence-electron chi connectivity index (χ3n) is 5.20. The second-order valence-electron chi connectivity index (χ2n) is 7.34. The molecule has 0 radical (unpaired) electrons. The van der Waals surface area contributed by atoms with E-state index in [-0.39, 0.29) is 12.5 Å². The summed E-state index contributed by atoms with van der Waals surface area (Å²) in [6, 6.07) is 26.5. The molecule has 156 valence electrons. The Bertz CT molecular complexity index is 1310. The van der Waals surface area contributed by atoms with E-state index in [0.29, 0.717) is 30.5 Å². The number of aromatic nitrogens is 2. The molecule has 4 aromatic rings. The lowest BCUT2D eigenvalue weighted by Gasteiger charge is -2.15. The molecule has 0 fully saturated rings. The maximum atomic E-state index is 12.9. The highest BCUT2D eigenvalue weighted by Crippen LogP contribution is 2.12. The van der Waals surface area contributed by atoms with E-state index in [2.05, 4.69) is 5.32 Å². The second kappa shape index (κ2) is 9.26.